The van der Waals surface area contributed by atoms with Gasteiger partial charge < -0.3 is 10.4 Å². The molecule has 2 rings (SSSR count). The summed E-state index contributed by atoms with van der Waals surface area (Å²) in [5.41, 5.74) is 0.836. The molecule has 5 heteroatoms. The number of hydrogen-bond donors (Lipinski definition) is 2. The highest BCUT2D eigenvalue weighted by Crippen LogP contribution is 2.48. The lowest BCUT2D eigenvalue weighted by atomic mass is 9.95. The molecule has 110 valence electrons. The maximum absolute atomic E-state index is 12.3. The second-order valence-electron chi connectivity index (χ2n) is 5.03. The van der Waals surface area contributed by atoms with Crippen molar-refractivity contribution in [2.24, 2.45) is 0 Å². The van der Waals surface area contributed by atoms with Gasteiger partial charge in [-0.15, -0.1) is 0 Å². The highest BCUT2D eigenvalue weighted by Gasteiger charge is 2.50. The highest BCUT2D eigenvalue weighted by atomic mass is 79.9. The van der Waals surface area contributed by atoms with Gasteiger partial charge in [0.05, 0.1) is 5.41 Å². The van der Waals surface area contributed by atoms with E-state index < -0.39 is 0 Å². The lowest BCUT2D eigenvalue weighted by molar-refractivity contribution is -0.123. The van der Waals surface area contributed by atoms with Crippen LogP contribution in [-0.4, -0.2) is 35.7 Å². The first-order valence-electron chi connectivity index (χ1n) is 6.92. The zero-order valence-electron chi connectivity index (χ0n) is 11.4. The zero-order valence-corrected chi connectivity index (χ0v) is 13.8. The van der Waals surface area contributed by atoms with Crippen LogP contribution in [0.2, 0.25) is 0 Å². The molecule has 1 aliphatic rings. The Morgan fingerprint density at radius 3 is 2.60 bits per heavy atom. The lowest BCUT2D eigenvalue weighted by Crippen LogP contribution is -2.36. The molecule has 0 saturated heterocycles. The SMILES string of the molecule is O=C(NCCSCCCO)C1(c2ccc(Br)cc2)CC1. The molecule has 0 heterocycles. The average molecular weight is 358 g/mol. The van der Waals surface area contributed by atoms with Crippen LogP contribution in [0, 0.1) is 0 Å². The summed E-state index contributed by atoms with van der Waals surface area (Å²) in [6.45, 7) is 0.944. The second kappa shape index (κ2) is 7.48. The Labute approximate surface area is 132 Å². The van der Waals surface area contributed by atoms with Gasteiger partial charge >= 0.3 is 0 Å². The van der Waals surface area contributed by atoms with Crippen molar-refractivity contribution in [1.29, 1.82) is 0 Å². The fraction of sp³-hybridized carbons (Fsp3) is 0.533. The van der Waals surface area contributed by atoms with E-state index in [0.717, 1.165) is 40.8 Å². The minimum Gasteiger partial charge on any atom is -0.396 e. The number of rotatable bonds is 8. The van der Waals surface area contributed by atoms with Gasteiger partial charge in [-0.05, 0) is 42.7 Å². The minimum atomic E-state index is -0.281. The molecule has 1 amide bonds. The number of aliphatic hydroxyl groups excluding tert-OH is 1. The number of halogens is 1. The van der Waals surface area contributed by atoms with E-state index in [-0.39, 0.29) is 17.9 Å². The Morgan fingerprint density at radius 1 is 1.30 bits per heavy atom. The van der Waals surface area contributed by atoms with E-state index in [0.29, 0.717) is 6.54 Å². The van der Waals surface area contributed by atoms with E-state index in [1.54, 1.807) is 11.8 Å². The van der Waals surface area contributed by atoms with Gasteiger partial charge in [-0.25, -0.2) is 0 Å². The van der Waals surface area contributed by atoms with Crippen LogP contribution in [0.5, 0.6) is 0 Å². The summed E-state index contributed by atoms with van der Waals surface area (Å²) in [6.07, 6.45) is 2.71. The third-order valence-corrected chi connectivity index (χ3v) is 5.16. The fourth-order valence-electron chi connectivity index (χ4n) is 2.22. The van der Waals surface area contributed by atoms with Crippen molar-refractivity contribution in [1.82, 2.24) is 5.32 Å². The molecule has 3 nitrogen and oxygen atoms in total. The summed E-state index contributed by atoms with van der Waals surface area (Å²) in [5, 5.41) is 11.7. The van der Waals surface area contributed by atoms with Crippen LogP contribution in [0.3, 0.4) is 0 Å². The smallest absolute Gasteiger partial charge is 0.230 e. The predicted molar refractivity (Wildman–Crippen MR) is 87.1 cm³/mol. The molecule has 0 aliphatic heterocycles. The lowest BCUT2D eigenvalue weighted by Gasteiger charge is -2.15. The molecular weight excluding hydrogens is 338 g/mol. The van der Waals surface area contributed by atoms with Crippen molar-refractivity contribution >= 4 is 33.6 Å². The maximum Gasteiger partial charge on any atom is 0.230 e. The van der Waals surface area contributed by atoms with Crippen LogP contribution < -0.4 is 5.32 Å². The van der Waals surface area contributed by atoms with Crippen LogP contribution >= 0.6 is 27.7 Å². The first-order chi connectivity index (χ1) is 9.69. The maximum atomic E-state index is 12.3. The Bertz CT molecular complexity index is 446. The zero-order chi connectivity index (χ0) is 14.4. The molecule has 1 fully saturated rings. The normalized spacial score (nSPS) is 15.9. The van der Waals surface area contributed by atoms with Crippen molar-refractivity contribution < 1.29 is 9.90 Å². The van der Waals surface area contributed by atoms with Gasteiger partial charge in [0.25, 0.3) is 0 Å². The number of carbonyl (C=O) groups is 1. The monoisotopic (exact) mass is 357 g/mol. The highest BCUT2D eigenvalue weighted by molar-refractivity contribution is 9.10. The number of hydrogen-bond acceptors (Lipinski definition) is 3. The van der Waals surface area contributed by atoms with Gasteiger partial charge in [0, 0.05) is 23.4 Å². The molecule has 0 radical (unpaired) electrons. The summed E-state index contributed by atoms with van der Waals surface area (Å²) in [5.74, 6) is 2.01. The van der Waals surface area contributed by atoms with Gasteiger partial charge in [0.1, 0.15) is 0 Å². The largest absolute Gasteiger partial charge is 0.396 e. The Hall–Kier alpha value is -0.520. The fourth-order valence-corrected chi connectivity index (χ4v) is 3.26. The van der Waals surface area contributed by atoms with E-state index in [4.69, 9.17) is 5.11 Å². The number of benzene rings is 1. The summed E-state index contributed by atoms with van der Waals surface area (Å²) in [6, 6.07) is 8.06. The molecule has 0 bridgehead atoms. The summed E-state index contributed by atoms with van der Waals surface area (Å²) in [7, 11) is 0. The molecule has 1 aliphatic carbocycles. The number of aliphatic hydroxyl groups is 1. The molecule has 1 aromatic rings. The van der Waals surface area contributed by atoms with E-state index in [9.17, 15) is 4.79 Å². The summed E-state index contributed by atoms with van der Waals surface area (Å²) < 4.78 is 1.04. The standard InChI is InChI=1S/C15H20BrNO2S/c16-13-4-2-12(3-5-13)15(6-7-15)14(19)17-8-11-20-10-1-9-18/h2-5,18H,1,6-11H2,(H,17,19). The average Bonchev–Trinajstić information content (AvgIpc) is 3.25. The summed E-state index contributed by atoms with van der Waals surface area (Å²) in [4.78, 5) is 12.3. The van der Waals surface area contributed by atoms with E-state index in [2.05, 4.69) is 21.2 Å². The first-order valence-corrected chi connectivity index (χ1v) is 8.87. The van der Waals surface area contributed by atoms with Gasteiger partial charge in [-0.1, -0.05) is 28.1 Å². The molecule has 0 unspecified atom stereocenters. The Kier molecular flexibility index (Phi) is 5.93. The topological polar surface area (TPSA) is 49.3 Å². The van der Waals surface area contributed by atoms with Gasteiger partial charge in [-0.3, -0.25) is 4.79 Å². The molecule has 2 N–H and O–H groups in total. The van der Waals surface area contributed by atoms with E-state index in [1.807, 2.05) is 24.3 Å². The van der Waals surface area contributed by atoms with Gasteiger partial charge in [0.2, 0.25) is 5.91 Å². The van der Waals surface area contributed by atoms with Crippen LogP contribution in [0.15, 0.2) is 28.7 Å². The van der Waals surface area contributed by atoms with Crippen LogP contribution in [0.4, 0.5) is 0 Å². The Balaban J connectivity index is 1.78. The van der Waals surface area contributed by atoms with Crippen LogP contribution in [-0.2, 0) is 10.2 Å². The quantitative estimate of drug-likeness (QED) is 0.703. The van der Waals surface area contributed by atoms with Crippen LogP contribution in [0.25, 0.3) is 0 Å². The molecule has 0 atom stereocenters. The number of carbonyl (C=O) groups excluding carboxylic acids is 1. The van der Waals surface area contributed by atoms with Crippen molar-refractivity contribution in [3.05, 3.63) is 34.3 Å². The molecule has 0 spiro atoms. The van der Waals surface area contributed by atoms with Crippen molar-refractivity contribution in [3.63, 3.8) is 0 Å². The minimum absolute atomic E-state index is 0.155. The van der Waals surface area contributed by atoms with E-state index >= 15 is 0 Å². The molecular formula is C15H20BrNO2S. The molecule has 1 aromatic carbocycles. The van der Waals surface area contributed by atoms with Crippen molar-refractivity contribution in [2.45, 2.75) is 24.7 Å². The van der Waals surface area contributed by atoms with Gasteiger partial charge in [0.15, 0.2) is 0 Å². The molecule has 20 heavy (non-hydrogen) atoms. The predicted octanol–water partition coefficient (Wildman–Crippen LogP) is 2.71. The first kappa shape index (κ1) is 15.9. The third-order valence-electron chi connectivity index (χ3n) is 3.56. The van der Waals surface area contributed by atoms with Crippen molar-refractivity contribution in [2.75, 3.05) is 24.7 Å². The second-order valence-corrected chi connectivity index (χ2v) is 7.17. The third kappa shape index (κ3) is 3.99. The Morgan fingerprint density at radius 2 is 2.00 bits per heavy atom. The number of amides is 1. The molecule has 1 saturated carbocycles. The number of nitrogens with one attached hydrogen (secondary N) is 1. The van der Waals surface area contributed by atoms with Crippen molar-refractivity contribution in [3.8, 4) is 0 Å². The number of thioether (sulfide) groups is 1. The van der Waals surface area contributed by atoms with Crippen LogP contribution in [0.1, 0.15) is 24.8 Å². The van der Waals surface area contributed by atoms with Gasteiger partial charge in [-0.2, -0.15) is 11.8 Å². The summed E-state index contributed by atoms with van der Waals surface area (Å²) >= 11 is 5.19. The molecule has 0 aromatic heterocycles. The van der Waals surface area contributed by atoms with E-state index in [1.165, 1.54) is 0 Å².